The second kappa shape index (κ2) is 16.6. The molecule has 1 aliphatic heterocycles. The molecule has 0 amide bonds. The Labute approximate surface area is 266 Å². The van der Waals surface area contributed by atoms with Gasteiger partial charge in [-0.15, -0.1) is 0 Å². The average molecular weight is 681 g/mol. The van der Waals surface area contributed by atoms with Gasteiger partial charge in [-0.3, -0.25) is 0 Å². The first-order valence-corrected chi connectivity index (χ1v) is 18.2. The summed E-state index contributed by atoms with van der Waals surface area (Å²) in [6.07, 6.45) is -0.852. The summed E-state index contributed by atoms with van der Waals surface area (Å²) in [5.41, 5.74) is 3.20. The van der Waals surface area contributed by atoms with E-state index in [0.29, 0.717) is 26.4 Å². The summed E-state index contributed by atoms with van der Waals surface area (Å²) in [4.78, 5) is 0. The number of rotatable bonds is 16. The zero-order valence-corrected chi connectivity index (χ0v) is 27.7. The van der Waals surface area contributed by atoms with Gasteiger partial charge in [0, 0.05) is 0 Å². The van der Waals surface area contributed by atoms with Crippen molar-refractivity contribution in [2.45, 2.75) is 48.7 Å². The second-order valence-corrected chi connectivity index (χ2v) is 16.2. The van der Waals surface area contributed by atoms with E-state index in [1.165, 1.54) is 14.2 Å². The molecule has 1 heterocycles. The normalized spacial score (nSPS) is 20.9. The standard InChI is InChI=1S/C35H40NO6PSe/c1-38-43(37,39-2)35(44-30-21-13-6-14-22-30)32-34(42-25-29-19-11-5-12-20-29)33(41-24-28-17-9-4-10-18-28)31(36-32)26-40-23-27-15-7-3-8-16-27/h3-22,31-36H,23-26H2,1-2H3/t31-,32+,33-,34-,35?/m1/s1. The van der Waals surface area contributed by atoms with Crippen LogP contribution in [0.2, 0.25) is 0 Å². The third-order valence-electron chi connectivity index (χ3n) is 7.59. The maximum atomic E-state index is 14.3. The summed E-state index contributed by atoms with van der Waals surface area (Å²) < 4.78 is 45.9. The molecular weight excluding hydrogens is 640 g/mol. The number of ether oxygens (including phenoxy) is 3. The van der Waals surface area contributed by atoms with Crippen molar-refractivity contribution in [2.24, 2.45) is 0 Å². The molecule has 44 heavy (non-hydrogen) atoms. The van der Waals surface area contributed by atoms with Gasteiger partial charge in [0.25, 0.3) is 0 Å². The molecule has 4 aromatic rings. The predicted octanol–water partition coefficient (Wildman–Crippen LogP) is 5.56. The van der Waals surface area contributed by atoms with Crippen molar-refractivity contribution in [1.29, 1.82) is 0 Å². The average Bonchev–Trinajstić information content (AvgIpc) is 3.43. The number of hydrogen-bond donors (Lipinski definition) is 1. The number of nitrogens with one attached hydrogen (secondary N) is 1. The fourth-order valence-electron chi connectivity index (χ4n) is 5.33. The van der Waals surface area contributed by atoms with Crippen molar-refractivity contribution in [1.82, 2.24) is 5.32 Å². The van der Waals surface area contributed by atoms with Gasteiger partial charge in [0.15, 0.2) is 0 Å². The zero-order chi connectivity index (χ0) is 30.6. The van der Waals surface area contributed by atoms with E-state index in [1.807, 2.05) is 109 Å². The van der Waals surface area contributed by atoms with Gasteiger partial charge in [-0.2, -0.15) is 0 Å². The molecule has 0 spiro atoms. The van der Waals surface area contributed by atoms with Gasteiger partial charge in [0.05, 0.1) is 0 Å². The molecule has 1 aliphatic rings. The van der Waals surface area contributed by atoms with E-state index in [0.717, 1.165) is 21.2 Å². The van der Waals surface area contributed by atoms with Gasteiger partial charge in [-0.05, 0) is 0 Å². The Hall–Kier alpha value is -2.61. The van der Waals surface area contributed by atoms with Crippen LogP contribution in [0.5, 0.6) is 0 Å². The Balaban J connectivity index is 1.47. The van der Waals surface area contributed by atoms with Gasteiger partial charge >= 0.3 is 268 Å². The van der Waals surface area contributed by atoms with Gasteiger partial charge < -0.3 is 0 Å². The molecule has 0 aromatic heterocycles. The predicted molar refractivity (Wildman–Crippen MR) is 174 cm³/mol. The van der Waals surface area contributed by atoms with Crippen LogP contribution in [0, 0.1) is 0 Å². The Bertz CT molecular complexity index is 1430. The van der Waals surface area contributed by atoms with E-state index >= 15 is 0 Å². The van der Waals surface area contributed by atoms with E-state index in [-0.39, 0.29) is 21.0 Å². The second-order valence-electron chi connectivity index (χ2n) is 10.5. The summed E-state index contributed by atoms with van der Waals surface area (Å²) in [5, 5.41) is 3.75. The minimum absolute atomic E-state index is 0.232. The van der Waals surface area contributed by atoms with E-state index in [9.17, 15) is 4.57 Å². The van der Waals surface area contributed by atoms with Crippen LogP contribution in [-0.4, -0.2) is 64.6 Å². The fraction of sp³-hybridized carbons (Fsp3) is 0.314. The van der Waals surface area contributed by atoms with Crippen molar-refractivity contribution in [2.75, 3.05) is 20.8 Å². The molecule has 5 atom stereocenters. The third kappa shape index (κ3) is 8.76. The molecule has 232 valence electrons. The summed E-state index contributed by atoms with van der Waals surface area (Å²) in [6, 6.07) is 39.7. The fourth-order valence-corrected chi connectivity index (χ4v) is 11.2. The molecule has 1 fully saturated rings. The van der Waals surface area contributed by atoms with Crippen LogP contribution < -0.4 is 9.78 Å². The molecule has 5 rings (SSSR count). The number of hydrogen-bond acceptors (Lipinski definition) is 7. The molecule has 0 bridgehead atoms. The molecule has 1 unspecified atom stereocenters. The Kier molecular flexibility index (Phi) is 12.4. The van der Waals surface area contributed by atoms with Gasteiger partial charge in [-0.25, -0.2) is 0 Å². The monoisotopic (exact) mass is 681 g/mol. The summed E-state index contributed by atoms with van der Waals surface area (Å²) >= 11 is -0.279. The summed E-state index contributed by atoms with van der Waals surface area (Å²) in [7, 11) is -0.643. The minimum atomic E-state index is -3.55. The molecule has 4 aromatic carbocycles. The van der Waals surface area contributed by atoms with Crippen molar-refractivity contribution < 1.29 is 27.8 Å². The van der Waals surface area contributed by atoms with Crippen LogP contribution in [0.1, 0.15) is 16.7 Å². The first-order chi connectivity index (χ1) is 21.6. The molecule has 1 saturated heterocycles. The molecule has 0 saturated carbocycles. The van der Waals surface area contributed by atoms with Crippen LogP contribution in [0.15, 0.2) is 121 Å². The number of benzene rings is 4. The first kappa shape index (κ1) is 32.8. The molecule has 9 heteroatoms. The van der Waals surface area contributed by atoms with E-state index in [1.54, 1.807) is 0 Å². The Morgan fingerprint density at radius 2 is 1.11 bits per heavy atom. The van der Waals surface area contributed by atoms with E-state index in [4.69, 9.17) is 23.3 Å². The van der Waals surface area contributed by atoms with E-state index in [2.05, 4.69) is 17.4 Å². The Morgan fingerprint density at radius 3 is 1.61 bits per heavy atom. The van der Waals surface area contributed by atoms with Gasteiger partial charge in [-0.1, -0.05) is 0 Å². The third-order valence-corrected chi connectivity index (χ3v) is 14.0. The zero-order valence-electron chi connectivity index (χ0n) is 25.1. The van der Waals surface area contributed by atoms with Crippen LogP contribution in [0.4, 0.5) is 0 Å². The van der Waals surface area contributed by atoms with Crippen molar-refractivity contribution in [3.05, 3.63) is 138 Å². The molecule has 1 N–H and O–H groups in total. The molecule has 7 nitrogen and oxygen atoms in total. The quantitative estimate of drug-likeness (QED) is 0.123. The molecular formula is C35H40NO6PSe. The van der Waals surface area contributed by atoms with Gasteiger partial charge in [0.2, 0.25) is 0 Å². The van der Waals surface area contributed by atoms with Crippen LogP contribution in [0.3, 0.4) is 0 Å². The van der Waals surface area contributed by atoms with Crippen LogP contribution in [0.25, 0.3) is 0 Å². The maximum absolute atomic E-state index is 14.3. The van der Waals surface area contributed by atoms with Crippen molar-refractivity contribution >= 4 is 27.0 Å². The van der Waals surface area contributed by atoms with Gasteiger partial charge in [0.1, 0.15) is 0 Å². The first-order valence-electron chi connectivity index (χ1n) is 14.7. The molecule has 0 radical (unpaired) electrons. The van der Waals surface area contributed by atoms with Crippen molar-refractivity contribution in [3.63, 3.8) is 0 Å². The summed E-state index contributed by atoms with van der Waals surface area (Å²) in [6.45, 7) is 1.63. The summed E-state index contributed by atoms with van der Waals surface area (Å²) in [5.74, 6) is 0. The SMILES string of the molecule is COP(=O)(OC)C([Se]c1ccccc1)[C@H]1N[C@H](COCc2ccccc2)[C@@H](OCc2ccccc2)[C@@H]1OCc1ccccc1. The Morgan fingerprint density at radius 1 is 0.659 bits per heavy atom. The van der Waals surface area contributed by atoms with Crippen LogP contribution >= 0.6 is 7.60 Å². The van der Waals surface area contributed by atoms with E-state index < -0.39 is 30.4 Å². The van der Waals surface area contributed by atoms with Crippen LogP contribution in [-0.2, 0) is 47.6 Å². The molecule has 0 aliphatic carbocycles. The van der Waals surface area contributed by atoms with Crippen molar-refractivity contribution in [3.8, 4) is 0 Å². The topological polar surface area (TPSA) is 75.3 Å².